The number of rotatable bonds is 4. The molecular weight excluding hydrogens is 433 g/mol. The quantitative estimate of drug-likeness (QED) is 0.527. The number of halogens is 1. The summed E-state index contributed by atoms with van der Waals surface area (Å²) in [6.07, 6.45) is 0.222. The van der Waals surface area contributed by atoms with Gasteiger partial charge in [0.05, 0.1) is 6.04 Å². The number of amides is 2. The van der Waals surface area contributed by atoms with E-state index in [9.17, 15) is 19.5 Å². The largest absolute Gasteiger partial charge is 1.00 e. The van der Waals surface area contributed by atoms with Crippen molar-refractivity contribution in [1.82, 2.24) is 15.6 Å². The molecule has 1 saturated carbocycles. The third-order valence-electron chi connectivity index (χ3n) is 5.03. The van der Waals surface area contributed by atoms with Crippen LogP contribution in [0.1, 0.15) is 50.5 Å². The number of aromatic nitrogens is 1. The number of ether oxygens (including phenoxy) is 1. The number of carboxylic acid groups (broad SMARTS) is 1. The maximum atomic E-state index is 12.8. The van der Waals surface area contributed by atoms with E-state index in [1.165, 1.54) is 0 Å². The molecule has 3 rings (SSSR count). The van der Waals surface area contributed by atoms with E-state index in [0.29, 0.717) is 23.6 Å². The molecule has 0 saturated heterocycles. The molecule has 1 fully saturated rings. The van der Waals surface area contributed by atoms with Crippen LogP contribution in [0.15, 0.2) is 24.3 Å². The fourth-order valence-electron chi connectivity index (χ4n) is 3.65. The Hall–Kier alpha value is -1.74. The SMILES string of the molecule is CC(C)(C)OC(=O)N[C@H]1C[C@H](C(=O)[O-])CC[C@H]1NC(=O)c1cc2cc(Cl)ccc2[nH]1.[Na+]. The Morgan fingerprint density at radius 2 is 1.84 bits per heavy atom. The number of aliphatic carboxylic acids is 1. The Labute approximate surface area is 207 Å². The van der Waals surface area contributed by atoms with E-state index in [4.69, 9.17) is 16.3 Å². The van der Waals surface area contributed by atoms with Gasteiger partial charge in [0.1, 0.15) is 11.3 Å². The van der Waals surface area contributed by atoms with E-state index in [1.54, 1.807) is 45.0 Å². The second-order valence-corrected chi connectivity index (χ2v) is 9.01. The van der Waals surface area contributed by atoms with Gasteiger partial charge in [0, 0.05) is 33.9 Å². The summed E-state index contributed by atoms with van der Waals surface area (Å²) < 4.78 is 5.28. The van der Waals surface area contributed by atoms with Gasteiger partial charge in [-0.25, -0.2) is 4.79 Å². The molecule has 0 bridgehead atoms. The van der Waals surface area contributed by atoms with Crippen LogP contribution >= 0.6 is 11.6 Å². The van der Waals surface area contributed by atoms with Gasteiger partial charge in [0.15, 0.2) is 0 Å². The summed E-state index contributed by atoms with van der Waals surface area (Å²) >= 11 is 6.00. The Kier molecular flexibility index (Phi) is 8.44. The van der Waals surface area contributed by atoms with Gasteiger partial charge in [-0.1, -0.05) is 11.6 Å². The van der Waals surface area contributed by atoms with Crippen LogP contribution in [0.4, 0.5) is 4.79 Å². The normalized spacial score (nSPS) is 21.1. The summed E-state index contributed by atoms with van der Waals surface area (Å²) in [5.74, 6) is -2.22. The standard InChI is InChI=1S/C21H26ClN3O5.Na/c1-21(2,3)30-20(29)25-16-9-11(19(27)28)4-6-15(16)24-18(26)17-10-12-8-13(22)5-7-14(12)23-17;/h5,7-8,10-11,15-16,23H,4,6,9H2,1-3H3,(H,24,26)(H,25,29)(H,27,28);/q;+1/p-1/t11-,15-,16+;/m1./s1. The maximum absolute atomic E-state index is 12.8. The first-order valence-corrected chi connectivity index (χ1v) is 10.2. The van der Waals surface area contributed by atoms with Crippen molar-refractivity contribution in [2.45, 2.75) is 57.7 Å². The zero-order chi connectivity index (χ0) is 22.1. The number of carboxylic acids is 1. The molecule has 1 aliphatic rings. The molecule has 31 heavy (non-hydrogen) atoms. The van der Waals surface area contributed by atoms with Gasteiger partial charge in [-0.2, -0.15) is 0 Å². The summed E-state index contributed by atoms with van der Waals surface area (Å²) in [5.41, 5.74) is 0.426. The second kappa shape index (κ2) is 10.3. The summed E-state index contributed by atoms with van der Waals surface area (Å²) in [6.45, 7) is 5.20. The van der Waals surface area contributed by atoms with Crippen LogP contribution in [-0.2, 0) is 9.53 Å². The molecule has 8 nitrogen and oxygen atoms in total. The van der Waals surface area contributed by atoms with E-state index in [2.05, 4.69) is 15.6 Å². The van der Waals surface area contributed by atoms with Crippen molar-refractivity contribution in [2.75, 3.05) is 0 Å². The van der Waals surface area contributed by atoms with Gasteiger partial charge >= 0.3 is 35.7 Å². The summed E-state index contributed by atoms with van der Waals surface area (Å²) in [7, 11) is 0. The third-order valence-corrected chi connectivity index (χ3v) is 5.26. The van der Waals surface area contributed by atoms with Gasteiger partial charge in [0.25, 0.3) is 5.91 Å². The average molecular weight is 458 g/mol. The van der Waals surface area contributed by atoms with Gasteiger partial charge in [-0.15, -0.1) is 0 Å². The van der Waals surface area contributed by atoms with Crippen LogP contribution in [0, 0.1) is 5.92 Å². The van der Waals surface area contributed by atoms with Gasteiger partial charge in [-0.05, 0) is 64.3 Å². The monoisotopic (exact) mass is 457 g/mol. The molecule has 0 unspecified atom stereocenters. The van der Waals surface area contributed by atoms with Crippen LogP contribution in [-0.4, -0.2) is 40.6 Å². The average Bonchev–Trinajstić information content (AvgIpc) is 3.04. The molecule has 2 aromatic rings. The van der Waals surface area contributed by atoms with Crippen LogP contribution < -0.4 is 45.3 Å². The smallest absolute Gasteiger partial charge is 0.550 e. The van der Waals surface area contributed by atoms with Crippen molar-refractivity contribution in [1.29, 1.82) is 0 Å². The number of hydrogen-bond acceptors (Lipinski definition) is 5. The van der Waals surface area contributed by atoms with Crippen molar-refractivity contribution in [2.24, 2.45) is 5.92 Å². The molecule has 1 heterocycles. The van der Waals surface area contributed by atoms with E-state index < -0.39 is 35.7 Å². The predicted molar refractivity (Wildman–Crippen MR) is 110 cm³/mol. The molecular formula is C21H25ClN3NaO5. The van der Waals surface area contributed by atoms with Gasteiger partial charge < -0.3 is 30.3 Å². The van der Waals surface area contributed by atoms with Crippen LogP contribution in [0.2, 0.25) is 5.02 Å². The van der Waals surface area contributed by atoms with E-state index in [-0.39, 0.29) is 41.9 Å². The number of hydrogen-bond donors (Lipinski definition) is 3. The number of benzene rings is 1. The molecule has 1 aromatic carbocycles. The first-order chi connectivity index (χ1) is 14.0. The zero-order valence-electron chi connectivity index (χ0n) is 18.1. The molecule has 1 aromatic heterocycles. The molecule has 1 aliphatic carbocycles. The van der Waals surface area contributed by atoms with E-state index >= 15 is 0 Å². The molecule has 3 N–H and O–H groups in total. The second-order valence-electron chi connectivity index (χ2n) is 8.58. The molecule has 0 aliphatic heterocycles. The number of fused-ring (bicyclic) bond motifs is 1. The molecule has 162 valence electrons. The fraction of sp³-hybridized carbons (Fsp3) is 0.476. The first-order valence-electron chi connectivity index (χ1n) is 9.81. The number of alkyl carbamates (subject to hydrolysis) is 1. The number of H-pyrrole nitrogens is 1. The minimum Gasteiger partial charge on any atom is -0.550 e. The number of carbonyl (C=O) groups excluding carboxylic acids is 3. The Balaban J connectivity index is 0.00000341. The third kappa shape index (κ3) is 6.87. The molecule has 3 atom stereocenters. The molecule has 0 radical (unpaired) electrons. The van der Waals surface area contributed by atoms with Gasteiger partial charge in [-0.3, -0.25) is 4.79 Å². The van der Waals surface area contributed by atoms with Crippen LogP contribution in [0.5, 0.6) is 0 Å². The minimum atomic E-state index is -1.16. The molecule has 2 amide bonds. The fourth-order valence-corrected chi connectivity index (χ4v) is 3.83. The van der Waals surface area contributed by atoms with Crippen LogP contribution in [0.3, 0.4) is 0 Å². The Morgan fingerprint density at radius 3 is 2.48 bits per heavy atom. The molecule has 0 spiro atoms. The topological polar surface area (TPSA) is 123 Å². The van der Waals surface area contributed by atoms with Crippen molar-refractivity contribution >= 4 is 40.5 Å². The Morgan fingerprint density at radius 1 is 1.13 bits per heavy atom. The van der Waals surface area contributed by atoms with Gasteiger partial charge in [0.2, 0.25) is 0 Å². The van der Waals surface area contributed by atoms with E-state index in [1.807, 2.05) is 0 Å². The maximum Gasteiger partial charge on any atom is 1.00 e. The summed E-state index contributed by atoms with van der Waals surface area (Å²) in [6, 6.07) is 5.91. The van der Waals surface area contributed by atoms with Crippen molar-refractivity contribution in [3.8, 4) is 0 Å². The van der Waals surface area contributed by atoms with Crippen molar-refractivity contribution in [3.63, 3.8) is 0 Å². The van der Waals surface area contributed by atoms with Crippen LogP contribution in [0.25, 0.3) is 10.9 Å². The first kappa shape index (κ1) is 25.5. The summed E-state index contributed by atoms with van der Waals surface area (Å²) in [4.78, 5) is 39.4. The minimum absolute atomic E-state index is 0. The number of nitrogens with one attached hydrogen (secondary N) is 3. The van der Waals surface area contributed by atoms with E-state index in [0.717, 1.165) is 10.9 Å². The number of carbonyl (C=O) groups is 3. The Bertz CT molecular complexity index is 972. The zero-order valence-corrected chi connectivity index (χ0v) is 20.8. The van der Waals surface area contributed by atoms with Crippen molar-refractivity contribution in [3.05, 3.63) is 35.0 Å². The predicted octanol–water partition coefficient (Wildman–Crippen LogP) is -0.633. The molecule has 10 heteroatoms. The number of aromatic amines is 1. The van der Waals surface area contributed by atoms with Crippen molar-refractivity contribution < 1.29 is 53.8 Å². The summed E-state index contributed by atoms with van der Waals surface area (Å²) in [5, 5.41) is 18.3.